The first-order valence-electron chi connectivity index (χ1n) is 5.52. The van der Waals surface area contributed by atoms with Crippen molar-refractivity contribution in [2.45, 2.75) is 25.3 Å². The van der Waals surface area contributed by atoms with E-state index in [-0.39, 0.29) is 11.7 Å². The summed E-state index contributed by atoms with van der Waals surface area (Å²) in [5, 5.41) is 14.5. The van der Waals surface area contributed by atoms with Crippen LogP contribution in [0.25, 0.3) is 0 Å². The normalized spacial score (nSPS) is 19.0. The van der Waals surface area contributed by atoms with Crippen LogP contribution in [0.15, 0.2) is 30.4 Å². The summed E-state index contributed by atoms with van der Waals surface area (Å²) in [4.78, 5) is 10.5. The average Bonchev–Trinajstić information content (AvgIpc) is 2.32. The van der Waals surface area contributed by atoms with E-state index in [2.05, 4.69) is 17.5 Å². The molecule has 0 heterocycles. The summed E-state index contributed by atoms with van der Waals surface area (Å²) in [6.07, 6.45) is 7.15. The van der Waals surface area contributed by atoms with Crippen molar-refractivity contribution in [3.8, 4) is 0 Å². The molecular weight excluding hydrogens is 240 g/mol. The molecule has 1 N–H and O–H groups in total. The van der Waals surface area contributed by atoms with Gasteiger partial charge in [0.2, 0.25) is 0 Å². The number of rotatable bonds is 3. The molecule has 0 spiro atoms. The van der Waals surface area contributed by atoms with Crippen molar-refractivity contribution in [3.05, 3.63) is 45.5 Å². The van der Waals surface area contributed by atoms with Crippen molar-refractivity contribution in [1.82, 2.24) is 0 Å². The van der Waals surface area contributed by atoms with Gasteiger partial charge in [-0.3, -0.25) is 10.1 Å². The molecule has 0 saturated carbocycles. The average molecular weight is 253 g/mol. The summed E-state index contributed by atoms with van der Waals surface area (Å²) in [6, 6.07) is 4.97. The molecule has 0 bridgehead atoms. The van der Waals surface area contributed by atoms with Gasteiger partial charge in [-0.1, -0.05) is 23.8 Å². The summed E-state index contributed by atoms with van der Waals surface area (Å²) in [5.41, 5.74) is 0.576. The Morgan fingerprint density at radius 1 is 1.41 bits per heavy atom. The predicted molar refractivity (Wildman–Crippen MR) is 68.5 cm³/mol. The highest BCUT2D eigenvalue weighted by Gasteiger charge is 2.17. The highest BCUT2D eigenvalue weighted by Crippen LogP contribution is 2.29. The van der Waals surface area contributed by atoms with Gasteiger partial charge in [-0.2, -0.15) is 0 Å². The molecule has 0 aliphatic heterocycles. The molecule has 1 unspecified atom stereocenters. The topological polar surface area (TPSA) is 55.2 Å². The Bertz CT molecular complexity index is 460. The second-order valence-electron chi connectivity index (χ2n) is 4.04. The molecule has 0 aromatic heterocycles. The molecular formula is C12H13ClN2O2. The van der Waals surface area contributed by atoms with E-state index >= 15 is 0 Å². The van der Waals surface area contributed by atoms with Crippen molar-refractivity contribution in [2.24, 2.45) is 0 Å². The Kier molecular flexibility index (Phi) is 3.64. The van der Waals surface area contributed by atoms with Gasteiger partial charge in [-0.05, 0) is 31.4 Å². The smallest absolute Gasteiger partial charge is 0.293 e. The van der Waals surface area contributed by atoms with E-state index in [1.165, 1.54) is 6.07 Å². The van der Waals surface area contributed by atoms with Crippen LogP contribution >= 0.6 is 11.6 Å². The lowest BCUT2D eigenvalue weighted by molar-refractivity contribution is -0.384. The first kappa shape index (κ1) is 11.9. The third-order valence-electron chi connectivity index (χ3n) is 2.79. The summed E-state index contributed by atoms with van der Waals surface area (Å²) in [5.74, 6) is 0. The highest BCUT2D eigenvalue weighted by molar-refractivity contribution is 6.30. The lowest BCUT2D eigenvalue weighted by Gasteiger charge is -2.20. The Balaban J connectivity index is 2.19. The van der Waals surface area contributed by atoms with Crippen LogP contribution in [0.2, 0.25) is 5.02 Å². The zero-order valence-electron chi connectivity index (χ0n) is 9.23. The first-order valence-corrected chi connectivity index (χ1v) is 5.90. The second-order valence-corrected chi connectivity index (χ2v) is 4.48. The van der Waals surface area contributed by atoms with Crippen LogP contribution in [0.1, 0.15) is 19.3 Å². The van der Waals surface area contributed by atoms with Crippen LogP contribution in [-0.2, 0) is 0 Å². The van der Waals surface area contributed by atoms with E-state index in [0.717, 1.165) is 19.3 Å². The van der Waals surface area contributed by atoms with Crippen LogP contribution in [0.3, 0.4) is 0 Å². The fraction of sp³-hybridized carbons (Fsp3) is 0.333. The van der Waals surface area contributed by atoms with Crippen molar-refractivity contribution in [2.75, 3.05) is 5.32 Å². The minimum Gasteiger partial charge on any atom is -0.376 e. The second kappa shape index (κ2) is 5.19. The van der Waals surface area contributed by atoms with E-state index in [9.17, 15) is 10.1 Å². The quantitative estimate of drug-likeness (QED) is 0.506. The van der Waals surface area contributed by atoms with Gasteiger partial charge in [-0.25, -0.2) is 0 Å². The van der Waals surface area contributed by atoms with Gasteiger partial charge in [0.25, 0.3) is 5.69 Å². The Hall–Kier alpha value is -1.55. The fourth-order valence-electron chi connectivity index (χ4n) is 1.92. The van der Waals surface area contributed by atoms with Crippen LogP contribution in [0, 0.1) is 10.1 Å². The van der Waals surface area contributed by atoms with Crippen molar-refractivity contribution >= 4 is 23.0 Å². The number of benzene rings is 1. The number of anilines is 1. The van der Waals surface area contributed by atoms with Gasteiger partial charge in [0.05, 0.1) is 4.92 Å². The van der Waals surface area contributed by atoms with Gasteiger partial charge < -0.3 is 5.32 Å². The van der Waals surface area contributed by atoms with E-state index in [0.29, 0.717) is 10.7 Å². The summed E-state index contributed by atoms with van der Waals surface area (Å²) < 4.78 is 0. The molecule has 1 atom stereocenters. The Morgan fingerprint density at radius 2 is 2.24 bits per heavy atom. The number of allylic oxidation sites excluding steroid dienone is 1. The zero-order valence-corrected chi connectivity index (χ0v) is 9.98. The van der Waals surface area contributed by atoms with Crippen LogP contribution in [0.5, 0.6) is 0 Å². The number of nitrogens with one attached hydrogen (secondary N) is 1. The van der Waals surface area contributed by atoms with E-state index in [1.54, 1.807) is 12.1 Å². The van der Waals surface area contributed by atoms with Crippen LogP contribution in [0.4, 0.5) is 11.4 Å². The van der Waals surface area contributed by atoms with Crippen LogP contribution in [-0.4, -0.2) is 11.0 Å². The number of nitro benzene ring substituents is 1. The Morgan fingerprint density at radius 3 is 2.88 bits per heavy atom. The van der Waals surface area contributed by atoms with E-state index in [4.69, 9.17) is 11.6 Å². The van der Waals surface area contributed by atoms with Crippen molar-refractivity contribution in [3.63, 3.8) is 0 Å². The monoisotopic (exact) mass is 252 g/mol. The number of halogens is 1. The largest absolute Gasteiger partial charge is 0.376 e. The molecule has 0 saturated heterocycles. The van der Waals surface area contributed by atoms with Gasteiger partial charge in [0.15, 0.2) is 0 Å². The Labute approximate surface area is 104 Å². The third-order valence-corrected chi connectivity index (χ3v) is 3.02. The van der Waals surface area contributed by atoms with Gasteiger partial charge >= 0.3 is 0 Å². The maximum absolute atomic E-state index is 10.9. The zero-order chi connectivity index (χ0) is 12.3. The SMILES string of the molecule is O=[N+]([O-])c1cc(Cl)ccc1NC1CC=CCC1. The first-order chi connectivity index (χ1) is 8.16. The number of hydrogen-bond acceptors (Lipinski definition) is 3. The molecule has 90 valence electrons. The van der Waals surface area contributed by atoms with E-state index < -0.39 is 4.92 Å². The molecule has 5 heteroatoms. The minimum absolute atomic E-state index is 0.0343. The van der Waals surface area contributed by atoms with Gasteiger partial charge in [0, 0.05) is 17.1 Å². The molecule has 1 aromatic rings. The molecule has 0 radical (unpaired) electrons. The number of hydrogen-bond donors (Lipinski definition) is 1. The summed E-state index contributed by atoms with van der Waals surface area (Å²) in [6.45, 7) is 0. The summed E-state index contributed by atoms with van der Waals surface area (Å²) in [7, 11) is 0. The molecule has 1 aliphatic rings. The molecule has 0 amide bonds. The predicted octanol–water partition coefficient (Wildman–Crippen LogP) is 3.77. The highest BCUT2D eigenvalue weighted by atomic mass is 35.5. The maximum Gasteiger partial charge on any atom is 0.293 e. The number of nitrogens with zero attached hydrogens (tertiary/aromatic N) is 1. The maximum atomic E-state index is 10.9. The molecule has 1 aliphatic carbocycles. The summed E-state index contributed by atoms with van der Waals surface area (Å²) >= 11 is 5.76. The lowest BCUT2D eigenvalue weighted by Crippen LogP contribution is -2.20. The van der Waals surface area contributed by atoms with Crippen LogP contribution < -0.4 is 5.32 Å². The van der Waals surface area contributed by atoms with Crippen molar-refractivity contribution in [1.29, 1.82) is 0 Å². The van der Waals surface area contributed by atoms with Gasteiger partial charge in [-0.15, -0.1) is 0 Å². The molecule has 17 heavy (non-hydrogen) atoms. The lowest BCUT2D eigenvalue weighted by atomic mass is 10.0. The molecule has 0 fully saturated rings. The fourth-order valence-corrected chi connectivity index (χ4v) is 2.09. The minimum atomic E-state index is -0.410. The van der Waals surface area contributed by atoms with E-state index in [1.807, 2.05) is 0 Å². The number of nitro groups is 1. The molecule has 1 aromatic carbocycles. The van der Waals surface area contributed by atoms with Crippen molar-refractivity contribution < 1.29 is 4.92 Å². The molecule has 4 nitrogen and oxygen atoms in total. The third kappa shape index (κ3) is 2.97. The standard InChI is InChI=1S/C12H13ClN2O2/c13-9-6-7-11(12(8-9)15(16)17)14-10-4-2-1-3-5-10/h1-2,6-8,10,14H,3-5H2. The molecule has 2 rings (SSSR count). The van der Waals surface area contributed by atoms with Gasteiger partial charge in [0.1, 0.15) is 5.69 Å².